The minimum atomic E-state index is -0.103. The summed E-state index contributed by atoms with van der Waals surface area (Å²) < 4.78 is 1.84. The van der Waals surface area contributed by atoms with Crippen molar-refractivity contribution >= 4 is 5.91 Å². The van der Waals surface area contributed by atoms with Crippen LogP contribution in [0.5, 0.6) is 0 Å². The first kappa shape index (κ1) is 15.0. The second-order valence-corrected chi connectivity index (χ2v) is 5.71. The van der Waals surface area contributed by atoms with Gasteiger partial charge in [-0.25, -0.2) is 0 Å². The number of carbonyl (C=O) groups is 1. The monoisotopic (exact) mass is 279 g/mol. The van der Waals surface area contributed by atoms with Crippen LogP contribution in [-0.4, -0.2) is 65.3 Å². The number of amides is 1. The van der Waals surface area contributed by atoms with E-state index >= 15 is 0 Å². The van der Waals surface area contributed by atoms with Crippen LogP contribution in [0.3, 0.4) is 0 Å². The zero-order valence-electron chi connectivity index (χ0n) is 13.1. The molecule has 6 nitrogen and oxygen atoms in total. The van der Waals surface area contributed by atoms with Gasteiger partial charge in [-0.15, -0.1) is 0 Å². The lowest BCUT2D eigenvalue weighted by Crippen LogP contribution is -2.58. The molecule has 6 heteroatoms. The number of aromatic nitrogens is 2. The van der Waals surface area contributed by atoms with E-state index in [2.05, 4.69) is 28.4 Å². The average Bonchev–Trinajstić information content (AvgIpc) is 2.76. The fourth-order valence-electron chi connectivity index (χ4n) is 2.92. The highest BCUT2D eigenvalue weighted by molar-refractivity contribution is 5.81. The lowest BCUT2D eigenvalue weighted by molar-refractivity contribution is -0.136. The van der Waals surface area contributed by atoms with Crippen LogP contribution in [0.25, 0.3) is 0 Å². The van der Waals surface area contributed by atoms with Crippen molar-refractivity contribution in [3.8, 4) is 0 Å². The molecular formula is C14H25N5O. The van der Waals surface area contributed by atoms with Crippen LogP contribution in [-0.2, 0) is 11.8 Å². The number of rotatable bonds is 3. The molecule has 0 aromatic carbocycles. The molecule has 0 bridgehead atoms. The molecule has 1 aromatic rings. The molecule has 20 heavy (non-hydrogen) atoms. The van der Waals surface area contributed by atoms with Gasteiger partial charge in [0.05, 0.1) is 5.69 Å². The molecule has 1 aromatic heterocycles. The van der Waals surface area contributed by atoms with Crippen LogP contribution in [0.2, 0.25) is 0 Å². The van der Waals surface area contributed by atoms with Crippen molar-refractivity contribution in [3.05, 3.63) is 17.5 Å². The van der Waals surface area contributed by atoms with Crippen molar-refractivity contribution in [2.75, 3.05) is 33.7 Å². The third-order valence-electron chi connectivity index (χ3n) is 4.01. The summed E-state index contributed by atoms with van der Waals surface area (Å²) in [6.07, 6.45) is 2.05. The molecule has 2 rings (SSSR count). The number of nitrogens with one attached hydrogen (secondary N) is 1. The standard InChI is InChI=1S/C14H25N5O/c1-10-12(9-18(5)16-10)11(2)19-7-6-15-8-13(19)14(20)17(3)4/h9,11,13,15H,6-8H2,1-5H3. The molecule has 1 saturated heterocycles. The normalized spacial score (nSPS) is 21.8. The Kier molecular flexibility index (Phi) is 4.45. The summed E-state index contributed by atoms with van der Waals surface area (Å²) in [5.74, 6) is 0.158. The highest BCUT2D eigenvalue weighted by atomic mass is 16.2. The van der Waals surface area contributed by atoms with Gasteiger partial charge in [-0.1, -0.05) is 0 Å². The number of piperazine rings is 1. The van der Waals surface area contributed by atoms with Gasteiger partial charge >= 0.3 is 0 Å². The molecule has 1 aliphatic rings. The summed E-state index contributed by atoms with van der Waals surface area (Å²) in [6.45, 7) is 6.68. The molecule has 0 spiro atoms. The fraction of sp³-hybridized carbons (Fsp3) is 0.714. The summed E-state index contributed by atoms with van der Waals surface area (Å²) in [7, 11) is 5.56. The third-order valence-corrected chi connectivity index (χ3v) is 4.01. The fourth-order valence-corrected chi connectivity index (χ4v) is 2.92. The minimum Gasteiger partial charge on any atom is -0.347 e. The molecule has 1 N–H and O–H groups in total. The Balaban J connectivity index is 2.23. The first-order valence-corrected chi connectivity index (χ1v) is 7.09. The Hall–Kier alpha value is -1.40. The van der Waals surface area contributed by atoms with E-state index in [1.165, 1.54) is 5.56 Å². The van der Waals surface area contributed by atoms with Gasteiger partial charge in [-0.3, -0.25) is 14.4 Å². The number of carbonyl (C=O) groups excluding carboxylic acids is 1. The van der Waals surface area contributed by atoms with E-state index in [0.717, 1.165) is 18.8 Å². The van der Waals surface area contributed by atoms with E-state index in [9.17, 15) is 4.79 Å². The number of likely N-dealkylation sites (N-methyl/N-ethyl adjacent to an activating group) is 1. The van der Waals surface area contributed by atoms with Crippen molar-refractivity contribution in [2.45, 2.75) is 25.9 Å². The predicted octanol–water partition coefficient (Wildman–Crippen LogP) is 0.152. The summed E-state index contributed by atoms with van der Waals surface area (Å²) in [6, 6.07) is 0.0908. The zero-order chi connectivity index (χ0) is 14.9. The Bertz CT molecular complexity index is 482. The minimum absolute atomic E-state index is 0.103. The lowest BCUT2D eigenvalue weighted by atomic mass is 10.0. The molecule has 2 atom stereocenters. The van der Waals surface area contributed by atoms with Crippen molar-refractivity contribution in [1.29, 1.82) is 0 Å². The van der Waals surface area contributed by atoms with Crippen LogP contribution in [0.4, 0.5) is 0 Å². The Morgan fingerprint density at radius 2 is 2.25 bits per heavy atom. The van der Waals surface area contributed by atoms with Gasteiger partial charge in [0.1, 0.15) is 6.04 Å². The van der Waals surface area contributed by atoms with Crippen molar-refractivity contribution in [1.82, 2.24) is 24.9 Å². The first-order valence-electron chi connectivity index (χ1n) is 7.09. The van der Waals surface area contributed by atoms with Crippen molar-refractivity contribution < 1.29 is 4.79 Å². The largest absolute Gasteiger partial charge is 0.347 e. The van der Waals surface area contributed by atoms with Gasteiger partial charge in [0, 0.05) is 58.6 Å². The molecule has 2 heterocycles. The molecule has 112 valence electrons. The van der Waals surface area contributed by atoms with Crippen LogP contribution < -0.4 is 5.32 Å². The van der Waals surface area contributed by atoms with Crippen LogP contribution in [0, 0.1) is 6.92 Å². The summed E-state index contributed by atoms with van der Waals surface area (Å²) >= 11 is 0. The Labute approximate surface area is 120 Å². The van der Waals surface area contributed by atoms with Gasteiger partial charge in [-0.05, 0) is 13.8 Å². The molecular weight excluding hydrogens is 254 g/mol. The molecule has 0 radical (unpaired) electrons. The predicted molar refractivity (Wildman–Crippen MR) is 78.4 cm³/mol. The lowest BCUT2D eigenvalue weighted by Gasteiger charge is -2.40. The van der Waals surface area contributed by atoms with E-state index in [1.54, 1.807) is 4.90 Å². The van der Waals surface area contributed by atoms with Gasteiger partial charge in [0.25, 0.3) is 0 Å². The molecule has 0 saturated carbocycles. The van der Waals surface area contributed by atoms with E-state index < -0.39 is 0 Å². The Morgan fingerprint density at radius 1 is 1.55 bits per heavy atom. The second-order valence-electron chi connectivity index (χ2n) is 5.71. The summed E-state index contributed by atoms with van der Waals surface area (Å²) in [4.78, 5) is 16.3. The van der Waals surface area contributed by atoms with Crippen LogP contribution in [0.1, 0.15) is 24.2 Å². The second kappa shape index (κ2) is 5.93. The van der Waals surface area contributed by atoms with Gasteiger partial charge in [0.15, 0.2) is 0 Å². The van der Waals surface area contributed by atoms with E-state index in [0.29, 0.717) is 6.54 Å². The number of hydrogen-bond donors (Lipinski definition) is 1. The van der Waals surface area contributed by atoms with Crippen molar-refractivity contribution in [3.63, 3.8) is 0 Å². The number of hydrogen-bond acceptors (Lipinski definition) is 4. The van der Waals surface area contributed by atoms with Crippen LogP contribution in [0.15, 0.2) is 6.20 Å². The van der Waals surface area contributed by atoms with Gasteiger partial charge < -0.3 is 10.2 Å². The summed E-state index contributed by atoms with van der Waals surface area (Å²) in [5.41, 5.74) is 2.24. The highest BCUT2D eigenvalue weighted by Gasteiger charge is 2.34. The quantitative estimate of drug-likeness (QED) is 0.856. The Morgan fingerprint density at radius 3 is 2.80 bits per heavy atom. The van der Waals surface area contributed by atoms with Crippen LogP contribution >= 0.6 is 0 Å². The van der Waals surface area contributed by atoms with E-state index in [1.807, 2.05) is 32.7 Å². The van der Waals surface area contributed by atoms with Gasteiger partial charge in [0.2, 0.25) is 5.91 Å². The maximum Gasteiger partial charge on any atom is 0.240 e. The van der Waals surface area contributed by atoms with E-state index in [4.69, 9.17) is 0 Å². The zero-order valence-corrected chi connectivity index (χ0v) is 13.1. The highest BCUT2D eigenvalue weighted by Crippen LogP contribution is 2.25. The first-order chi connectivity index (χ1) is 9.41. The molecule has 1 aliphatic heterocycles. The average molecular weight is 279 g/mol. The van der Waals surface area contributed by atoms with Gasteiger partial charge in [-0.2, -0.15) is 5.10 Å². The van der Waals surface area contributed by atoms with Crippen molar-refractivity contribution in [2.24, 2.45) is 7.05 Å². The SMILES string of the molecule is Cc1nn(C)cc1C(C)N1CCNCC1C(=O)N(C)C. The maximum atomic E-state index is 12.4. The number of aryl methyl sites for hydroxylation is 2. The molecule has 1 fully saturated rings. The van der Waals surface area contributed by atoms with E-state index in [-0.39, 0.29) is 18.0 Å². The topological polar surface area (TPSA) is 53.4 Å². The smallest absolute Gasteiger partial charge is 0.240 e. The summed E-state index contributed by atoms with van der Waals surface area (Å²) in [5, 5.41) is 7.73. The number of nitrogens with zero attached hydrogens (tertiary/aromatic N) is 4. The third kappa shape index (κ3) is 2.86. The molecule has 1 amide bonds. The maximum absolute atomic E-state index is 12.4. The molecule has 0 aliphatic carbocycles. The molecule has 2 unspecified atom stereocenters.